The number of likely N-dealkylation sites (tertiary alicyclic amines) is 1. The van der Waals surface area contributed by atoms with E-state index >= 15 is 0 Å². The molecule has 0 bridgehead atoms. The van der Waals surface area contributed by atoms with Crippen molar-refractivity contribution in [2.75, 3.05) is 13.1 Å². The molecule has 0 amide bonds. The lowest BCUT2D eigenvalue weighted by atomic mass is 10.0. The van der Waals surface area contributed by atoms with Gasteiger partial charge in [0.25, 0.3) is 0 Å². The van der Waals surface area contributed by atoms with Crippen LogP contribution >= 0.6 is 0 Å². The van der Waals surface area contributed by atoms with Crippen molar-refractivity contribution in [3.63, 3.8) is 0 Å². The van der Waals surface area contributed by atoms with Gasteiger partial charge in [-0.3, -0.25) is 4.90 Å². The highest BCUT2D eigenvalue weighted by molar-refractivity contribution is 5.20. The SMILES string of the molecule is CCN1C(CN)CCC1c1ccccc1. The van der Waals surface area contributed by atoms with Crippen LogP contribution in [0.4, 0.5) is 0 Å². The summed E-state index contributed by atoms with van der Waals surface area (Å²) in [6.45, 7) is 4.11. The van der Waals surface area contributed by atoms with Gasteiger partial charge in [0.2, 0.25) is 0 Å². The van der Waals surface area contributed by atoms with Crippen LogP contribution in [0.5, 0.6) is 0 Å². The minimum atomic E-state index is 0.584. The molecule has 2 unspecified atom stereocenters. The van der Waals surface area contributed by atoms with Crippen LogP contribution in [0.25, 0.3) is 0 Å². The van der Waals surface area contributed by atoms with Gasteiger partial charge in [0.05, 0.1) is 0 Å². The number of nitrogens with two attached hydrogens (primary N) is 1. The minimum Gasteiger partial charge on any atom is -0.329 e. The van der Waals surface area contributed by atoms with Gasteiger partial charge in [-0.25, -0.2) is 0 Å². The smallest absolute Gasteiger partial charge is 0.0352 e. The van der Waals surface area contributed by atoms with Crippen LogP contribution in [-0.4, -0.2) is 24.0 Å². The van der Waals surface area contributed by atoms with Crippen molar-refractivity contribution >= 4 is 0 Å². The Labute approximate surface area is 92.1 Å². The van der Waals surface area contributed by atoms with Crippen molar-refractivity contribution in [3.8, 4) is 0 Å². The van der Waals surface area contributed by atoms with Crippen molar-refractivity contribution < 1.29 is 0 Å². The highest BCUT2D eigenvalue weighted by Gasteiger charge is 2.31. The summed E-state index contributed by atoms with van der Waals surface area (Å²) in [5.74, 6) is 0. The summed E-state index contributed by atoms with van der Waals surface area (Å²) in [6, 6.07) is 12.0. The van der Waals surface area contributed by atoms with Crippen LogP contribution in [0.1, 0.15) is 31.4 Å². The van der Waals surface area contributed by atoms with E-state index in [2.05, 4.69) is 42.2 Å². The fraction of sp³-hybridized carbons (Fsp3) is 0.538. The Morgan fingerprint density at radius 1 is 1.27 bits per heavy atom. The van der Waals surface area contributed by atoms with E-state index in [0.717, 1.165) is 13.1 Å². The zero-order valence-electron chi connectivity index (χ0n) is 9.39. The zero-order chi connectivity index (χ0) is 10.7. The van der Waals surface area contributed by atoms with Crippen LogP contribution in [0.3, 0.4) is 0 Å². The quantitative estimate of drug-likeness (QED) is 0.817. The summed E-state index contributed by atoms with van der Waals surface area (Å²) in [5, 5.41) is 0. The molecular weight excluding hydrogens is 184 g/mol. The van der Waals surface area contributed by atoms with Gasteiger partial charge in [-0.15, -0.1) is 0 Å². The van der Waals surface area contributed by atoms with Crippen LogP contribution < -0.4 is 5.73 Å². The molecule has 15 heavy (non-hydrogen) atoms. The zero-order valence-corrected chi connectivity index (χ0v) is 9.39. The molecule has 2 heteroatoms. The molecule has 0 aliphatic carbocycles. The molecular formula is C13H20N2. The van der Waals surface area contributed by atoms with Crippen LogP contribution in [-0.2, 0) is 0 Å². The number of likely N-dealkylation sites (N-methyl/N-ethyl adjacent to an activating group) is 1. The molecule has 1 fully saturated rings. The van der Waals surface area contributed by atoms with Gasteiger partial charge in [-0.2, -0.15) is 0 Å². The highest BCUT2D eigenvalue weighted by atomic mass is 15.2. The maximum atomic E-state index is 5.80. The van der Waals surface area contributed by atoms with Crippen molar-refractivity contribution in [1.29, 1.82) is 0 Å². The van der Waals surface area contributed by atoms with E-state index in [1.54, 1.807) is 0 Å². The molecule has 1 heterocycles. The van der Waals surface area contributed by atoms with Crippen molar-refractivity contribution in [2.24, 2.45) is 5.73 Å². The average Bonchev–Trinajstić information content (AvgIpc) is 2.72. The van der Waals surface area contributed by atoms with Crippen LogP contribution in [0.2, 0.25) is 0 Å². The molecule has 2 atom stereocenters. The van der Waals surface area contributed by atoms with E-state index in [4.69, 9.17) is 5.73 Å². The molecule has 82 valence electrons. The van der Waals surface area contributed by atoms with Gasteiger partial charge in [0.15, 0.2) is 0 Å². The lowest BCUT2D eigenvalue weighted by Gasteiger charge is -2.28. The number of hydrogen-bond donors (Lipinski definition) is 1. The Morgan fingerprint density at radius 2 is 2.00 bits per heavy atom. The van der Waals surface area contributed by atoms with Crippen molar-refractivity contribution in [2.45, 2.75) is 31.8 Å². The Balaban J connectivity index is 2.17. The molecule has 0 spiro atoms. The molecule has 1 aliphatic rings. The Morgan fingerprint density at radius 3 is 2.60 bits per heavy atom. The lowest BCUT2D eigenvalue weighted by molar-refractivity contribution is 0.208. The first-order valence-corrected chi connectivity index (χ1v) is 5.87. The summed E-state index contributed by atoms with van der Waals surface area (Å²) in [7, 11) is 0. The first-order chi connectivity index (χ1) is 7.36. The number of nitrogens with zero attached hydrogens (tertiary/aromatic N) is 1. The topological polar surface area (TPSA) is 29.3 Å². The number of rotatable bonds is 3. The molecule has 1 aromatic rings. The third-order valence-corrected chi connectivity index (χ3v) is 3.46. The minimum absolute atomic E-state index is 0.584. The van der Waals surface area contributed by atoms with E-state index in [1.165, 1.54) is 18.4 Å². The van der Waals surface area contributed by atoms with Gasteiger partial charge < -0.3 is 5.73 Å². The second-order valence-electron chi connectivity index (χ2n) is 4.22. The molecule has 1 saturated heterocycles. The van der Waals surface area contributed by atoms with Crippen LogP contribution in [0, 0.1) is 0 Å². The lowest BCUT2D eigenvalue weighted by Crippen LogP contribution is -2.36. The highest BCUT2D eigenvalue weighted by Crippen LogP contribution is 2.35. The fourth-order valence-corrected chi connectivity index (χ4v) is 2.70. The van der Waals surface area contributed by atoms with E-state index < -0.39 is 0 Å². The molecule has 2 nitrogen and oxygen atoms in total. The Kier molecular flexibility index (Phi) is 3.39. The molecule has 1 aromatic carbocycles. The Bertz CT molecular complexity index is 297. The van der Waals surface area contributed by atoms with Crippen molar-refractivity contribution in [1.82, 2.24) is 4.90 Å². The van der Waals surface area contributed by atoms with Gasteiger partial charge in [0.1, 0.15) is 0 Å². The van der Waals surface area contributed by atoms with Gasteiger partial charge in [-0.05, 0) is 24.9 Å². The molecule has 2 N–H and O–H groups in total. The fourth-order valence-electron chi connectivity index (χ4n) is 2.70. The summed E-state index contributed by atoms with van der Waals surface area (Å²) in [4.78, 5) is 2.54. The second-order valence-corrected chi connectivity index (χ2v) is 4.22. The maximum Gasteiger partial charge on any atom is 0.0352 e. The molecule has 0 aromatic heterocycles. The van der Waals surface area contributed by atoms with E-state index in [0.29, 0.717) is 12.1 Å². The van der Waals surface area contributed by atoms with Gasteiger partial charge in [0, 0.05) is 18.6 Å². The first kappa shape index (κ1) is 10.7. The third-order valence-electron chi connectivity index (χ3n) is 3.46. The predicted octanol–water partition coefficient (Wildman–Crippen LogP) is 2.17. The molecule has 0 radical (unpaired) electrons. The van der Waals surface area contributed by atoms with E-state index in [1.807, 2.05) is 0 Å². The predicted molar refractivity (Wildman–Crippen MR) is 63.6 cm³/mol. The van der Waals surface area contributed by atoms with Gasteiger partial charge >= 0.3 is 0 Å². The van der Waals surface area contributed by atoms with E-state index in [9.17, 15) is 0 Å². The normalized spacial score (nSPS) is 27.1. The van der Waals surface area contributed by atoms with Crippen molar-refractivity contribution in [3.05, 3.63) is 35.9 Å². The standard InChI is InChI=1S/C13H20N2/c1-2-15-12(10-14)8-9-13(15)11-6-4-3-5-7-11/h3-7,12-13H,2,8-10,14H2,1H3. The second kappa shape index (κ2) is 4.77. The van der Waals surface area contributed by atoms with E-state index in [-0.39, 0.29) is 0 Å². The Hall–Kier alpha value is -0.860. The largest absolute Gasteiger partial charge is 0.329 e. The summed E-state index contributed by atoms with van der Waals surface area (Å²) in [6.07, 6.45) is 2.49. The summed E-state index contributed by atoms with van der Waals surface area (Å²) >= 11 is 0. The van der Waals surface area contributed by atoms with Crippen LogP contribution in [0.15, 0.2) is 30.3 Å². The summed E-state index contributed by atoms with van der Waals surface area (Å²) < 4.78 is 0. The third kappa shape index (κ3) is 2.06. The number of benzene rings is 1. The molecule has 0 saturated carbocycles. The summed E-state index contributed by atoms with van der Waals surface area (Å²) in [5.41, 5.74) is 7.24. The monoisotopic (exact) mass is 204 g/mol. The maximum absolute atomic E-state index is 5.80. The van der Waals surface area contributed by atoms with Gasteiger partial charge in [-0.1, -0.05) is 37.3 Å². The molecule has 1 aliphatic heterocycles. The average molecular weight is 204 g/mol. The molecule has 2 rings (SSSR count). The first-order valence-electron chi connectivity index (χ1n) is 5.87. The number of hydrogen-bond acceptors (Lipinski definition) is 2.